The van der Waals surface area contributed by atoms with Gasteiger partial charge in [0.15, 0.2) is 4.90 Å². The second-order valence-electron chi connectivity index (χ2n) is 19.2. The molecule has 1 amide bonds. The SMILES string of the molecule is CCC1C=C(C)CC(C)CC(OC)C2OC(O)(C(=O)C(=O)N3CCCCC3C(=O)OC(C(C)=CC3CCC(O)C(OS(=O)(=O)c4ccccc4[N+](=O)[O-])C3)C(C)C(O)CC1=O)C(C)CC2OC. The van der Waals surface area contributed by atoms with Gasteiger partial charge in [-0.15, -0.1) is 0 Å². The van der Waals surface area contributed by atoms with Crippen molar-refractivity contribution >= 4 is 39.2 Å². The number of rotatable bonds is 9. The standard InChI is InChI=1S/C48H70N2O16S/c1-9-33-21-27(2)20-28(3)22-40(62-7)44-41(63-8)24-30(5)48(57,65-44)45(54)46(55)49-19-13-12-15-35(49)47(56)64-43(31(6)37(52)26-38(33)53)29(4)23-32-17-18-36(51)39(25-32)66-67(60,61)42-16-11-10-14-34(42)50(58)59/h10-11,14,16,21,23,28,30-33,35-37,39-41,43-44,51-52,57H,9,12-13,15,17-20,22,24-26H2,1-8H3. The molecule has 3 N–H and O–H groups in total. The number of fused-ring (bicyclic) bond motifs is 3. The number of benzene rings is 1. The first kappa shape index (κ1) is 54.0. The number of hydrogen-bond donors (Lipinski definition) is 3. The third kappa shape index (κ3) is 12.6. The fourth-order valence-electron chi connectivity index (χ4n) is 10.3. The van der Waals surface area contributed by atoms with E-state index < -0.39 is 122 Å². The molecule has 0 radical (unpaired) electrons. The largest absolute Gasteiger partial charge is 0.456 e. The van der Waals surface area contributed by atoms with Crippen LogP contribution in [0.4, 0.5) is 5.69 Å². The number of Topliss-reactive ketones (excluding diaryl/α,β-unsaturated/α-hetero) is 2. The number of esters is 1. The van der Waals surface area contributed by atoms with E-state index in [9.17, 15) is 53.0 Å². The molecule has 1 saturated carbocycles. The van der Waals surface area contributed by atoms with Crippen LogP contribution < -0.4 is 0 Å². The second-order valence-corrected chi connectivity index (χ2v) is 20.7. The van der Waals surface area contributed by atoms with Crippen LogP contribution in [0.3, 0.4) is 0 Å². The molecule has 0 spiro atoms. The number of nitrogens with zero attached hydrogens (tertiary/aromatic N) is 2. The van der Waals surface area contributed by atoms with Crippen molar-refractivity contribution in [2.75, 3.05) is 20.8 Å². The van der Waals surface area contributed by atoms with Gasteiger partial charge in [-0.05, 0) is 102 Å². The molecule has 0 aromatic heterocycles. The van der Waals surface area contributed by atoms with Gasteiger partial charge in [0, 0.05) is 51.0 Å². The van der Waals surface area contributed by atoms with E-state index >= 15 is 0 Å². The zero-order valence-electron chi connectivity index (χ0n) is 39.9. The molecule has 18 nitrogen and oxygen atoms in total. The van der Waals surface area contributed by atoms with Gasteiger partial charge in [-0.25, -0.2) is 4.79 Å². The molecule has 14 atom stereocenters. The first-order valence-electron chi connectivity index (χ1n) is 23.5. The lowest BCUT2D eigenvalue weighted by Crippen LogP contribution is -2.64. The van der Waals surface area contributed by atoms with E-state index in [-0.39, 0.29) is 50.4 Å². The van der Waals surface area contributed by atoms with Crippen LogP contribution in [-0.4, -0.2) is 132 Å². The summed E-state index contributed by atoms with van der Waals surface area (Å²) in [6.07, 6.45) is -0.907. The van der Waals surface area contributed by atoms with Gasteiger partial charge in [0.2, 0.25) is 5.79 Å². The number of amides is 1. The first-order valence-corrected chi connectivity index (χ1v) is 24.9. The number of allylic oxidation sites excluding steroid dienone is 3. The Hall–Kier alpha value is -3.95. The van der Waals surface area contributed by atoms with Gasteiger partial charge in [-0.1, -0.05) is 57.6 Å². The molecule has 2 bridgehead atoms. The number of carbonyl (C=O) groups is 4. The van der Waals surface area contributed by atoms with E-state index in [1.807, 2.05) is 26.8 Å². The van der Waals surface area contributed by atoms with E-state index in [4.69, 9.17) is 23.1 Å². The lowest BCUT2D eigenvalue weighted by Gasteiger charge is -2.47. The zero-order chi connectivity index (χ0) is 49.5. The number of hydrogen-bond acceptors (Lipinski definition) is 16. The summed E-state index contributed by atoms with van der Waals surface area (Å²) in [4.78, 5) is 68.3. The molecule has 2 saturated heterocycles. The molecule has 1 aliphatic carbocycles. The fourth-order valence-corrected chi connectivity index (χ4v) is 11.6. The number of ketones is 2. The van der Waals surface area contributed by atoms with Crippen molar-refractivity contribution in [2.24, 2.45) is 29.6 Å². The minimum absolute atomic E-state index is 0.00506. The Bertz CT molecular complexity index is 2130. The van der Waals surface area contributed by atoms with Crippen molar-refractivity contribution in [3.63, 3.8) is 0 Å². The summed E-state index contributed by atoms with van der Waals surface area (Å²) >= 11 is 0. The predicted octanol–water partition coefficient (Wildman–Crippen LogP) is 5.14. The molecular weight excluding hydrogens is 893 g/mol. The molecule has 1 aromatic rings. The number of ether oxygens (including phenoxy) is 4. The van der Waals surface area contributed by atoms with E-state index in [1.54, 1.807) is 26.8 Å². The summed E-state index contributed by atoms with van der Waals surface area (Å²) < 4.78 is 56.4. The normalized spacial score (nSPS) is 36.0. The number of para-hydroxylation sites is 1. The quantitative estimate of drug-likeness (QED) is 0.0723. The Morgan fingerprint density at radius 3 is 2.28 bits per heavy atom. The van der Waals surface area contributed by atoms with Crippen molar-refractivity contribution in [3.8, 4) is 0 Å². The number of aliphatic hydroxyl groups excluding tert-OH is 2. The molecule has 3 heterocycles. The topological polar surface area (TPSA) is 256 Å². The molecule has 5 rings (SSSR count). The summed E-state index contributed by atoms with van der Waals surface area (Å²) in [5.74, 6) is -8.93. The molecule has 3 fully saturated rings. The Kier molecular flexibility index (Phi) is 18.6. The van der Waals surface area contributed by atoms with Gasteiger partial charge >= 0.3 is 16.1 Å². The van der Waals surface area contributed by atoms with Gasteiger partial charge in [-0.3, -0.25) is 28.7 Å². The van der Waals surface area contributed by atoms with Crippen molar-refractivity contribution in [2.45, 2.75) is 172 Å². The van der Waals surface area contributed by atoms with Crippen LogP contribution in [0.1, 0.15) is 112 Å². The van der Waals surface area contributed by atoms with Gasteiger partial charge in [-0.2, -0.15) is 8.42 Å². The lowest BCUT2D eigenvalue weighted by molar-refractivity contribution is -0.387. The van der Waals surface area contributed by atoms with Crippen LogP contribution in [-0.2, 0) is 52.4 Å². The Morgan fingerprint density at radius 1 is 0.955 bits per heavy atom. The van der Waals surface area contributed by atoms with E-state index in [0.29, 0.717) is 44.1 Å². The Balaban J connectivity index is 1.51. The number of cyclic esters (lactones) is 1. The van der Waals surface area contributed by atoms with E-state index in [1.165, 1.54) is 26.4 Å². The summed E-state index contributed by atoms with van der Waals surface area (Å²) in [6, 6.07) is 3.45. The van der Waals surface area contributed by atoms with E-state index in [0.717, 1.165) is 22.6 Å². The van der Waals surface area contributed by atoms with Crippen LogP contribution in [0.5, 0.6) is 0 Å². The third-order valence-corrected chi connectivity index (χ3v) is 15.6. The predicted molar refractivity (Wildman–Crippen MR) is 242 cm³/mol. The van der Waals surface area contributed by atoms with Gasteiger partial charge in [0.25, 0.3) is 17.4 Å². The van der Waals surface area contributed by atoms with Crippen molar-refractivity contribution in [3.05, 3.63) is 57.7 Å². The minimum Gasteiger partial charge on any atom is -0.456 e. The van der Waals surface area contributed by atoms with E-state index in [2.05, 4.69) is 0 Å². The molecule has 374 valence electrons. The summed E-state index contributed by atoms with van der Waals surface area (Å²) in [5, 5.41) is 46.4. The van der Waals surface area contributed by atoms with Gasteiger partial charge in [0.1, 0.15) is 30.1 Å². The van der Waals surface area contributed by atoms with Crippen LogP contribution in [0.15, 0.2) is 52.5 Å². The van der Waals surface area contributed by atoms with Gasteiger partial charge in [0.05, 0.1) is 29.3 Å². The highest BCUT2D eigenvalue weighted by Gasteiger charge is 2.56. The van der Waals surface area contributed by atoms with Gasteiger partial charge < -0.3 is 39.2 Å². The summed E-state index contributed by atoms with van der Waals surface area (Å²) in [7, 11) is -1.72. The smallest absolute Gasteiger partial charge is 0.329 e. The highest BCUT2D eigenvalue weighted by Crippen LogP contribution is 2.40. The number of methoxy groups -OCH3 is 2. The lowest BCUT2D eigenvalue weighted by atomic mass is 9.81. The number of aliphatic hydroxyl groups is 3. The maximum atomic E-state index is 14.5. The maximum absolute atomic E-state index is 14.5. The van der Waals surface area contributed by atoms with Crippen LogP contribution in [0, 0.1) is 39.7 Å². The molecule has 19 heteroatoms. The number of nitro benzene ring substituents is 1. The summed E-state index contributed by atoms with van der Waals surface area (Å²) in [6.45, 7) is 10.7. The molecule has 1 aromatic carbocycles. The molecule has 4 aliphatic rings. The average molecular weight is 963 g/mol. The first-order chi connectivity index (χ1) is 31.6. The van der Waals surface area contributed by atoms with Crippen LogP contribution in [0.2, 0.25) is 0 Å². The van der Waals surface area contributed by atoms with Crippen molar-refractivity contribution in [1.29, 1.82) is 0 Å². The maximum Gasteiger partial charge on any atom is 0.329 e. The highest BCUT2D eigenvalue weighted by atomic mass is 32.2. The molecule has 67 heavy (non-hydrogen) atoms. The summed E-state index contributed by atoms with van der Waals surface area (Å²) in [5.41, 5.74) is 0.654. The average Bonchev–Trinajstić information content (AvgIpc) is 3.29. The van der Waals surface area contributed by atoms with Crippen molar-refractivity contribution < 1.29 is 71.0 Å². The Labute approximate surface area is 393 Å². The van der Waals surface area contributed by atoms with Crippen LogP contribution in [0.25, 0.3) is 0 Å². The highest BCUT2D eigenvalue weighted by molar-refractivity contribution is 7.87. The molecular formula is C48H70N2O16S. The molecule has 3 aliphatic heterocycles. The molecule has 14 unspecified atom stereocenters. The van der Waals surface area contributed by atoms with Crippen molar-refractivity contribution in [1.82, 2.24) is 4.90 Å². The monoisotopic (exact) mass is 962 g/mol. The number of piperidine rings is 1. The fraction of sp³-hybridized carbons (Fsp3) is 0.708. The second kappa shape index (κ2) is 23.1. The number of carbonyl (C=O) groups excluding carboxylic acids is 4. The third-order valence-electron chi connectivity index (χ3n) is 14.2. The Morgan fingerprint density at radius 2 is 1.63 bits per heavy atom. The zero-order valence-corrected chi connectivity index (χ0v) is 40.7. The minimum atomic E-state index is -4.72. The number of nitro groups is 1. The van der Waals surface area contributed by atoms with Crippen LogP contribution >= 0.6 is 0 Å².